The number of carbonyl (C=O) groups is 3. The highest BCUT2D eigenvalue weighted by Gasteiger charge is 2.32. The van der Waals surface area contributed by atoms with Gasteiger partial charge in [-0.3, -0.25) is 24.4 Å². The molecule has 5 aromatic rings. The molecule has 2 atom stereocenters. The first kappa shape index (κ1) is 27.5. The molecule has 2 aliphatic heterocycles. The summed E-state index contributed by atoms with van der Waals surface area (Å²) in [6.07, 6.45) is 7.40. The SMILES string of the molecule is O=C1CCC(Nc2ccc(Bc3cc(F)c4cn(C(C(=O)Nc5ccccn5)c5ncn6c5CCC6)nc4c3)cc2)C(=O)N1. The number of carbonyl (C=O) groups excluding carboxylic acids is 3. The second-order valence-electron chi connectivity index (χ2n) is 11.1. The summed E-state index contributed by atoms with van der Waals surface area (Å²) in [6, 6.07) is 14.7. The Morgan fingerprint density at radius 2 is 1.93 bits per heavy atom. The molecule has 2 aromatic carbocycles. The van der Waals surface area contributed by atoms with Crippen molar-refractivity contribution in [3.05, 3.63) is 90.5 Å². The van der Waals surface area contributed by atoms with Crippen LogP contribution in [-0.4, -0.2) is 55.4 Å². The first-order valence-electron chi connectivity index (χ1n) is 14.5. The second-order valence-corrected chi connectivity index (χ2v) is 11.1. The number of aryl methyl sites for hydroxylation is 1. The van der Waals surface area contributed by atoms with Crippen LogP contribution in [0.5, 0.6) is 0 Å². The van der Waals surface area contributed by atoms with Crippen molar-refractivity contribution in [3.63, 3.8) is 0 Å². The van der Waals surface area contributed by atoms with E-state index >= 15 is 4.39 Å². The molecule has 3 aromatic heterocycles. The van der Waals surface area contributed by atoms with Gasteiger partial charge in [0.15, 0.2) is 13.3 Å². The number of aromatic nitrogens is 5. The lowest BCUT2D eigenvalue weighted by atomic mass is 9.64. The largest absolute Gasteiger partial charge is 0.374 e. The number of nitrogens with zero attached hydrogens (tertiary/aromatic N) is 5. The summed E-state index contributed by atoms with van der Waals surface area (Å²) in [4.78, 5) is 45.9. The average molecular weight is 590 g/mol. The summed E-state index contributed by atoms with van der Waals surface area (Å²) in [6.45, 7) is 0.837. The molecule has 3 N–H and O–H groups in total. The van der Waals surface area contributed by atoms with Crippen molar-refractivity contribution < 1.29 is 18.8 Å². The van der Waals surface area contributed by atoms with Gasteiger partial charge < -0.3 is 15.2 Å². The Morgan fingerprint density at radius 1 is 1.07 bits per heavy atom. The maximum Gasteiger partial charge on any atom is 0.256 e. The Labute approximate surface area is 252 Å². The standard InChI is InChI=1S/C31H28BFN8O3/c33-22-14-19(32-18-6-8-20(9-7-18)36-23-10-11-27(42)38-30(23)43)15-24-21(22)16-41(39-24)29(28-25-4-3-13-40(25)17-35-28)31(44)37-26-5-1-2-12-34-26/h1-2,5-9,12,14-17,23,29,32,36H,3-4,10-11,13H2,(H,34,37,44)(H,38,42,43). The minimum atomic E-state index is -0.911. The fourth-order valence-electron chi connectivity index (χ4n) is 5.91. The van der Waals surface area contributed by atoms with Crippen LogP contribution in [0, 0.1) is 5.82 Å². The van der Waals surface area contributed by atoms with E-state index < -0.39 is 17.9 Å². The van der Waals surface area contributed by atoms with Gasteiger partial charge in [0.25, 0.3) is 5.91 Å². The van der Waals surface area contributed by atoms with Gasteiger partial charge >= 0.3 is 0 Å². The van der Waals surface area contributed by atoms with Crippen LogP contribution in [0.25, 0.3) is 10.9 Å². The molecule has 0 bridgehead atoms. The third kappa shape index (κ3) is 5.43. The molecule has 13 heteroatoms. The lowest BCUT2D eigenvalue weighted by Gasteiger charge is -2.22. The van der Waals surface area contributed by atoms with Gasteiger partial charge in [0.2, 0.25) is 11.8 Å². The number of anilines is 2. The van der Waals surface area contributed by atoms with E-state index in [0.717, 1.165) is 41.7 Å². The summed E-state index contributed by atoms with van der Waals surface area (Å²) in [5.41, 5.74) is 4.42. The smallest absolute Gasteiger partial charge is 0.256 e. The molecule has 2 unspecified atom stereocenters. The minimum Gasteiger partial charge on any atom is -0.374 e. The van der Waals surface area contributed by atoms with Crippen molar-refractivity contribution in [1.29, 1.82) is 0 Å². The highest BCUT2D eigenvalue weighted by atomic mass is 19.1. The van der Waals surface area contributed by atoms with Gasteiger partial charge in [-0.1, -0.05) is 29.1 Å². The van der Waals surface area contributed by atoms with Crippen molar-refractivity contribution in [2.75, 3.05) is 10.6 Å². The normalized spacial score (nSPS) is 16.8. The van der Waals surface area contributed by atoms with Gasteiger partial charge in [0, 0.05) is 36.7 Å². The highest BCUT2D eigenvalue weighted by molar-refractivity contribution is 6.67. The van der Waals surface area contributed by atoms with E-state index in [2.05, 4.69) is 31.0 Å². The molecule has 7 rings (SSSR count). The Hall–Kier alpha value is -5.33. The van der Waals surface area contributed by atoms with Crippen LogP contribution in [0.1, 0.15) is 36.7 Å². The fraction of sp³-hybridized carbons (Fsp3) is 0.226. The Morgan fingerprint density at radius 3 is 2.73 bits per heavy atom. The van der Waals surface area contributed by atoms with E-state index in [1.807, 2.05) is 34.9 Å². The number of pyridine rings is 1. The average Bonchev–Trinajstić information content (AvgIpc) is 3.74. The van der Waals surface area contributed by atoms with Crippen molar-refractivity contribution in [2.45, 2.75) is 44.3 Å². The number of hydrogen-bond acceptors (Lipinski definition) is 7. The zero-order valence-corrected chi connectivity index (χ0v) is 23.7. The zero-order chi connectivity index (χ0) is 30.2. The van der Waals surface area contributed by atoms with Crippen molar-refractivity contribution in [3.8, 4) is 0 Å². The van der Waals surface area contributed by atoms with Crippen LogP contribution in [0.3, 0.4) is 0 Å². The number of imidazole rings is 1. The number of benzene rings is 2. The summed E-state index contributed by atoms with van der Waals surface area (Å²) in [7, 11) is 0.455. The third-order valence-electron chi connectivity index (χ3n) is 8.07. The number of hydrogen-bond donors (Lipinski definition) is 3. The summed E-state index contributed by atoms with van der Waals surface area (Å²) < 4.78 is 19.0. The number of imide groups is 1. The van der Waals surface area contributed by atoms with Gasteiger partial charge in [0.1, 0.15) is 17.7 Å². The van der Waals surface area contributed by atoms with E-state index in [-0.39, 0.29) is 17.7 Å². The summed E-state index contributed by atoms with van der Waals surface area (Å²) in [5.74, 6) is -0.981. The van der Waals surface area contributed by atoms with Gasteiger partial charge in [-0.15, -0.1) is 0 Å². The van der Waals surface area contributed by atoms with E-state index in [4.69, 9.17) is 0 Å². The lowest BCUT2D eigenvalue weighted by Crippen LogP contribution is -2.47. The number of rotatable bonds is 8. The molecule has 0 saturated carbocycles. The van der Waals surface area contributed by atoms with Crippen LogP contribution in [0.4, 0.5) is 15.9 Å². The molecule has 1 fully saturated rings. The molecular formula is C31H28BFN8O3. The first-order chi connectivity index (χ1) is 21.4. The van der Waals surface area contributed by atoms with Crippen molar-refractivity contribution >= 4 is 58.3 Å². The maximum absolute atomic E-state index is 15.5. The van der Waals surface area contributed by atoms with Gasteiger partial charge in [-0.25, -0.2) is 14.4 Å². The van der Waals surface area contributed by atoms with Gasteiger partial charge in [-0.05, 0) is 55.7 Å². The number of piperidine rings is 1. The number of nitrogens with one attached hydrogen (secondary N) is 3. The van der Waals surface area contributed by atoms with Crippen LogP contribution in [0.2, 0.25) is 0 Å². The molecule has 5 heterocycles. The van der Waals surface area contributed by atoms with E-state index in [9.17, 15) is 14.4 Å². The van der Waals surface area contributed by atoms with E-state index in [1.165, 1.54) is 10.7 Å². The summed E-state index contributed by atoms with van der Waals surface area (Å²) >= 11 is 0. The Bertz CT molecular complexity index is 1890. The highest BCUT2D eigenvalue weighted by Crippen LogP contribution is 2.28. The predicted molar refractivity (Wildman–Crippen MR) is 164 cm³/mol. The number of fused-ring (bicyclic) bond motifs is 2. The van der Waals surface area contributed by atoms with Crippen LogP contribution in [-0.2, 0) is 27.3 Å². The molecule has 0 spiro atoms. The van der Waals surface area contributed by atoms with E-state index in [1.54, 1.807) is 36.9 Å². The molecule has 2 aliphatic rings. The molecule has 44 heavy (non-hydrogen) atoms. The topological polar surface area (TPSA) is 136 Å². The molecule has 220 valence electrons. The molecular weight excluding hydrogens is 562 g/mol. The lowest BCUT2D eigenvalue weighted by molar-refractivity contribution is -0.133. The number of amides is 3. The van der Waals surface area contributed by atoms with Gasteiger partial charge in [0.05, 0.1) is 22.9 Å². The van der Waals surface area contributed by atoms with Gasteiger partial charge in [-0.2, -0.15) is 5.10 Å². The molecule has 0 aliphatic carbocycles. The van der Waals surface area contributed by atoms with Crippen molar-refractivity contribution in [1.82, 2.24) is 29.6 Å². The first-order valence-corrected chi connectivity index (χ1v) is 14.5. The van der Waals surface area contributed by atoms with E-state index in [0.29, 0.717) is 42.5 Å². The monoisotopic (exact) mass is 590 g/mol. The fourth-order valence-corrected chi connectivity index (χ4v) is 5.91. The Kier molecular flexibility index (Phi) is 7.13. The second kappa shape index (κ2) is 11.4. The quantitative estimate of drug-likeness (QED) is 0.184. The molecule has 3 amide bonds. The zero-order valence-electron chi connectivity index (χ0n) is 23.7. The van der Waals surface area contributed by atoms with Crippen LogP contribution >= 0.6 is 0 Å². The van der Waals surface area contributed by atoms with Crippen LogP contribution < -0.4 is 26.9 Å². The predicted octanol–water partition coefficient (Wildman–Crippen LogP) is 1.55. The molecule has 0 radical (unpaired) electrons. The van der Waals surface area contributed by atoms with Crippen LogP contribution in [0.15, 0.2) is 73.3 Å². The maximum atomic E-state index is 15.5. The third-order valence-corrected chi connectivity index (χ3v) is 8.07. The molecule has 1 saturated heterocycles. The molecule has 11 nitrogen and oxygen atoms in total. The minimum absolute atomic E-state index is 0.258. The number of halogens is 1. The summed E-state index contributed by atoms with van der Waals surface area (Å²) in [5, 5.41) is 13.4. The van der Waals surface area contributed by atoms with Crippen molar-refractivity contribution in [2.24, 2.45) is 0 Å². The Balaban J connectivity index is 1.14.